The summed E-state index contributed by atoms with van der Waals surface area (Å²) in [6, 6.07) is 5.73. The van der Waals surface area contributed by atoms with Gasteiger partial charge in [-0.3, -0.25) is 0 Å². The summed E-state index contributed by atoms with van der Waals surface area (Å²) in [6.07, 6.45) is 0. The topological polar surface area (TPSA) is 28.7 Å². The molecule has 0 saturated carbocycles. The van der Waals surface area contributed by atoms with E-state index in [-0.39, 0.29) is 0 Å². The van der Waals surface area contributed by atoms with Crippen molar-refractivity contribution in [3.8, 4) is 10.7 Å². The van der Waals surface area contributed by atoms with Crippen LogP contribution in [0.1, 0.15) is 10.4 Å². The van der Waals surface area contributed by atoms with Crippen molar-refractivity contribution < 1.29 is 0 Å². The lowest BCUT2D eigenvalue weighted by Crippen LogP contribution is -1.73. The van der Waals surface area contributed by atoms with E-state index in [1.54, 1.807) is 17.4 Å². The first kappa shape index (κ1) is 12.0. The summed E-state index contributed by atoms with van der Waals surface area (Å²) >= 11 is 13.7. The van der Waals surface area contributed by atoms with Gasteiger partial charge in [-0.1, -0.05) is 23.2 Å². The molecule has 0 aliphatic rings. The molecule has 2 nitrogen and oxygen atoms in total. The molecule has 0 bridgehead atoms. The van der Waals surface area contributed by atoms with Gasteiger partial charge >= 0.3 is 0 Å². The largest absolute Gasteiger partial charge is 0.337 e. The maximum atomic E-state index is 6.00. The molecule has 1 aromatic carbocycles. The standard InChI is InChI=1S/C13H10Cl2N2S/c1-6-3-12(18-7(6)2)13-16-10-4-8(14)9(15)5-11(10)17-13/h3-5H,1-2H3,(H,16,17). The van der Waals surface area contributed by atoms with Crippen molar-refractivity contribution in [3.05, 3.63) is 38.7 Å². The molecule has 3 rings (SSSR count). The molecule has 0 radical (unpaired) electrons. The van der Waals surface area contributed by atoms with Gasteiger partial charge < -0.3 is 4.98 Å². The van der Waals surface area contributed by atoms with Gasteiger partial charge in [0.05, 0.1) is 26.0 Å². The normalized spacial score (nSPS) is 11.3. The summed E-state index contributed by atoms with van der Waals surface area (Å²) in [7, 11) is 0. The Morgan fingerprint density at radius 3 is 2.50 bits per heavy atom. The quantitative estimate of drug-likeness (QED) is 0.656. The van der Waals surface area contributed by atoms with Crippen molar-refractivity contribution in [2.24, 2.45) is 0 Å². The molecule has 2 aromatic heterocycles. The number of hydrogen-bond donors (Lipinski definition) is 1. The van der Waals surface area contributed by atoms with Crippen molar-refractivity contribution in [2.45, 2.75) is 13.8 Å². The Kier molecular flexibility index (Phi) is 2.85. The fraction of sp³-hybridized carbons (Fsp3) is 0.154. The molecule has 0 aliphatic heterocycles. The number of nitrogens with one attached hydrogen (secondary N) is 1. The minimum atomic E-state index is 0.528. The average molecular weight is 297 g/mol. The predicted molar refractivity (Wildman–Crippen MR) is 78.9 cm³/mol. The first-order chi connectivity index (χ1) is 8.54. The van der Waals surface area contributed by atoms with Crippen LogP contribution in [0.25, 0.3) is 21.7 Å². The molecular formula is C13H10Cl2N2S. The number of aromatic nitrogens is 2. The van der Waals surface area contributed by atoms with Gasteiger partial charge in [-0.2, -0.15) is 0 Å². The van der Waals surface area contributed by atoms with Gasteiger partial charge in [0.2, 0.25) is 0 Å². The van der Waals surface area contributed by atoms with Crippen molar-refractivity contribution in [1.82, 2.24) is 9.97 Å². The van der Waals surface area contributed by atoms with Crippen molar-refractivity contribution in [2.75, 3.05) is 0 Å². The second-order valence-electron chi connectivity index (χ2n) is 4.22. The van der Waals surface area contributed by atoms with Crippen molar-refractivity contribution in [1.29, 1.82) is 0 Å². The minimum Gasteiger partial charge on any atom is -0.337 e. The Bertz CT molecular complexity index is 684. The van der Waals surface area contributed by atoms with E-state index in [9.17, 15) is 0 Å². The number of aryl methyl sites for hydroxylation is 2. The molecule has 2 heterocycles. The Labute approximate surface area is 119 Å². The molecule has 5 heteroatoms. The first-order valence-corrected chi connectivity index (χ1v) is 7.04. The van der Waals surface area contributed by atoms with Gasteiger partial charge in [0.15, 0.2) is 0 Å². The third-order valence-electron chi connectivity index (χ3n) is 2.92. The number of rotatable bonds is 1. The SMILES string of the molecule is Cc1cc(-c2nc3cc(Cl)c(Cl)cc3[nH]2)sc1C. The molecule has 0 amide bonds. The number of imidazole rings is 1. The fourth-order valence-electron chi connectivity index (χ4n) is 1.81. The summed E-state index contributed by atoms with van der Waals surface area (Å²) in [5.74, 6) is 0.865. The van der Waals surface area contributed by atoms with Crippen LogP contribution in [-0.4, -0.2) is 9.97 Å². The van der Waals surface area contributed by atoms with Crippen LogP contribution in [0.2, 0.25) is 10.0 Å². The molecule has 0 fully saturated rings. The van der Waals surface area contributed by atoms with E-state index in [2.05, 4.69) is 29.9 Å². The molecule has 92 valence electrons. The lowest BCUT2D eigenvalue weighted by Gasteiger charge is -1.93. The molecule has 0 atom stereocenters. The van der Waals surface area contributed by atoms with E-state index < -0.39 is 0 Å². The molecule has 1 N–H and O–H groups in total. The summed E-state index contributed by atoms with van der Waals surface area (Å²) in [4.78, 5) is 10.3. The zero-order chi connectivity index (χ0) is 12.9. The van der Waals surface area contributed by atoms with E-state index in [1.165, 1.54) is 10.4 Å². The van der Waals surface area contributed by atoms with Crippen LogP contribution in [0, 0.1) is 13.8 Å². The Morgan fingerprint density at radius 1 is 1.11 bits per heavy atom. The highest BCUT2D eigenvalue weighted by Gasteiger charge is 2.10. The number of benzene rings is 1. The highest BCUT2D eigenvalue weighted by atomic mass is 35.5. The second-order valence-corrected chi connectivity index (χ2v) is 6.29. The van der Waals surface area contributed by atoms with E-state index in [4.69, 9.17) is 23.2 Å². The fourth-order valence-corrected chi connectivity index (χ4v) is 3.11. The minimum absolute atomic E-state index is 0.528. The number of H-pyrrole nitrogens is 1. The Morgan fingerprint density at radius 2 is 1.83 bits per heavy atom. The first-order valence-electron chi connectivity index (χ1n) is 5.47. The van der Waals surface area contributed by atoms with Crippen LogP contribution in [-0.2, 0) is 0 Å². The monoisotopic (exact) mass is 296 g/mol. The number of halogens is 2. The Balaban J connectivity index is 2.19. The number of thiophene rings is 1. The number of hydrogen-bond acceptors (Lipinski definition) is 2. The molecule has 0 unspecified atom stereocenters. The predicted octanol–water partition coefficient (Wildman–Crippen LogP) is 5.22. The summed E-state index contributed by atoms with van der Waals surface area (Å²) in [5, 5.41) is 1.07. The van der Waals surface area contributed by atoms with E-state index in [0.29, 0.717) is 10.0 Å². The van der Waals surface area contributed by atoms with Crippen molar-refractivity contribution in [3.63, 3.8) is 0 Å². The smallest absolute Gasteiger partial charge is 0.148 e. The highest BCUT2D eigenvalue weighted by molar-refractivity contribution is 7.15. The van der Waals surface area contributed by atoms with Crippen LogP contribution >= 0.6 is 34.5 Å². The zero-order valence-corrected chi connectivity index (χ0v) is 12.2. The van der Waals surface area contributed by atoms with Crippen molar-refractivity contribution >= 4 is 45.6 Å². The molecule has 0 aliphatic carbocycles. The van der Waals surface area contributed by atoms with Gasteiger partial charge in [0.1, 0.15) is 5.82 Å². The summed E-state index contributed by atoms with van der Waals surface area (Å²) < 4.78 is 0. The van der Waals surface area contributed by atoms with Crippen LogP contribution in [0.5, 0.6) is 0 Å². The maximum Gasteiger partial charge on any atom is 0.148 e. The van der Waals surface area contributed by atoms with E-state index in [0.717, 1.165) is 21.7 Å². The lowest BCUT2D eigenvalue weighted by atomic mass is 10.3. The molecular weight excluding hydrogens is 287 g/mol. The van der Waals surface area contributed by atoms with Gasteiger partial charge in [-0.25, -0.2) is 4.98 Å². The number of fused-ring (bicyclic) bond motifs is 1. The lowest BCUT2D eigenvalue weighted by molar-refractivity contribution is 1.35. The van der Waals surface area contributed by atoms with Crippen LogP contribution in [0.4, 0.5) is 0 Å². The Hall–Kier alpha value is -1.03. The third-order valence-corrected chi connectivity index (χ3v) is 4.80. The molecule has 3 aromatic rings. The molecule has 0 saturated heterocycles. The van der Waals surface area contributed by atoms with Crippen LogP contribution in [0.15, 0.2) is 18.2 Å². The number of nitrogens with zero attached hydrogens (tertiary/aromatic N) is 1. The van der Waals surface area contributed by atoms with Gasteiger partial charge in [0.25, 0.3) is 0 Å². The molecule has 18 heavy (non-hydrogen) atoms. The average Bonchev–Trinajstić information content (AvgIpc) is 2.84. The number of aromatic amines is 1. The molecule has 0 spiro atoms. The summed E-state index contributed by atoms with van der Waals surface area (Å²) in [5.41, 5.74) is 3.03. The van der Waals surface area contributed by atoms with Crippen LogP contribution < -0.4 is 0 Å². The van der Waals surface area contributed by atoms with Gasteiger partial charge in [-0.15, -0.1) is 11.3 Å². The van der Waals surface area contributed by atoms with E-state index in [1.807, 2.05) is 6.07 Å². The van der Waals surface area contributed by atoms with Gasteiger partial charge in [-0.05, 0) is 37.6 Å². The highest BCUT2D eigenvalue weighted by Crippen LogP contribution is 2.32. The second kappa shape index (κ2) is 4.26. The third kappa shape index (κ3) is 1.92. The maximum absolute atomic E-state index is 6.00. The zero-order valence-electron chi connectivity index (χ0n) is 9.84. The summed E-state index contributed by atoms with van der Waals surface area (Å²) in [6.45, 7) is 4.21. The van der Waals surface area contributed by atoms with E-state index >= 15 is 0 Å². The van der Waals surface area contributed by atoms with Gasteiger partial charge in [0, 0.05) is 4.88 Å². The van der Waals surface area contributed by atoms with Crippen LogP contribution in [0.3, 0.4) is 0 Å².